The molecule has 0 bridgehead atoms. The second-order valence-corrected chi connectivity index (χ2v) is 12.1. The maximum atomic E-state index is 13.1. The number of nitrogens with one attached hydrogen (secondary N) is 1. The Bertz CT molecular complexity index is 1300. The highest BCUT2D eigenvalue weighted by molar-refractivity contribution is 6.00. The Kier molecular flexibility index (Phi) is 6.87. The summed E-state index contributed by atoms with van der Waals surface area (Å²) in [6.45, 7) is 7.65. The molecule has 1 aromatic heterocycles. The third-order valence-corrected chi connectivity index (χ3v) is 8.23. The predicted octanol–water partition coefficient (Wildman–Crippen LogP) is 3.06. The highest BCUT2D eigenvalue weighted by atomic mass is 16.6. The van der Waals surface area contributed by atoms with Crippen molar-refractivity contribution in [3.05, 3.63) is 34.2 Å². The van der Waals surface area contributed by atoms with Crippen LogP contribution in [0.3, 0.4) is 0 Å². The lowest BCUT2D eigenvalue weighted by Gasteiger charge is -2.51. The molecule has 5 rings (SSSR count). The van der Waals surface area contributed by atoms with Gasteiger partial charge in [-0.15, -0.1) is 0 Å². The molecule has 2 saturated heterocycles. The number of imide groups is 1. The Morgan fingerprint density at radius 3 is 2.50 bits per heavy atom. The molecule has 3 aliphatic rings. The zero-order chi connectivity index (χ0) is 27.2. The van der Waals surface area contributed by atoms with Crippen LogP contribution in [0, 0.1) is 5.41 Å². The summed E-state index contributed by atoms with van der Waals surface area (Å²) in [7, 11) is 1.72. The number of aromatic nitrogens is 2. The van der Waals surface area contributed by atoms with Crippen LogP contribution in [0.15, 0.2) is 23.0 Å². The van der Waals surface area contributed by atoms with Gasteiger partial charge in [0.05, 0.1) is 23.7 Å². The number of hydrogen-bond acceptors (Lipinski definition) is 6. The lowest BCUT2D eigenvalue weighted by Crippen LogP contribution is -2.51. The van der Waals surface area contributed by atoms with Crippen LogP contribution in [-0.2, 0) is 32.5 Å². The molecular formula is C28H38N4O6. The summed E-state index contributed by atoms with van der Waals surface area (Å²) < 4.78 is 14.8. The van der Waals surface area contributed by atoms with Crippen molar-refractivity contribution >= 4 is 28.9 Å². The summed E-state index contributed by atoms with van der Waals surface area (Å²) in [5.41, 5.74) is 2.00. The second kappa shape index (κ2) is 9.87. The molecule has 1 spiro atoms. The molecule has 2 aliphatic heterocycles. The number of nitrogens with zero attached hydrogens (tertiary/aromatic N) is 3. The van der Waals surface area contributed by atoms with Gasteiger partial charge in [-0.3, -0.25) is 24.0 Å². The van der Waals surface area contributed by atoms with Gasteiger partial charge in [-0.2, -0.15) is 0 Å². The molecule has 1 aromatic carbocycles. The first-order valence-electron chi connectivity index (χ1n) is 13.6. The number of amides is 3. The van der Waals surface area contributed by atoms with Gasteiger partial charge < -0.3 is 14.4 Å². The third-order valence-electron chi connectivity index (χ3n) is 8.23. The number of aryl methyl sites for hydroxylation is 1. The Hall–Kier alpha value is -3.14. The number of imidazole rings is 1. The molecule has 10 heteroatoms. The Labute approximate surface area is 222 Å². The number of piperidine rings is 2. The van der Waals surface area contributed by atoms with Gasteiger partial charge in [0, 0.05) is 26.6 Å². The smallest absolute Gasteiger partial charge is 0.410 e. The van der Waals surface area contributed by atoms with E-state index in [4.69, 9.17) is 9.47 Å². The molecule has 38 heavy (non-hydrogen) atoms. The number of para-hydroxylation sites is 1. The molecule has 1 atom stereocenters. The van der Waals surface area contributed by atoms with Gasteiger partial charge in [0.15, 0.2) is 0 Å². The van der Waals surface area contributed by atoms with Crippen molar-refractivity contribution in [1.82, 2.24) is 19.4 Å². The Morgan fingerprint density at radius 1 is 1.13 bits per heavy atom. The monoisotopic (exact) mass is 526 g/mol. The number of hydrogen-bond donors (Lipinski definition) is 1. The normalized spacial score (nSPS) is 22.0. The van der Waals surface area contributed by atoms with Crippen molar-refractivity contribution in [2.24, 2.45) is 12.5 Å². The highest BCUT2D eigenvalue weighted by Gasteiger charge is 2.47. The number of carbonyl (C=O) groups is 3. The number of fused-ring (bicyclic) bond motifs is 1. The quantitative estimate of drug-likeness (QED) is 0.600. The summed E-state index contributed by atoms with van der Waals surface area (Å²) in [5, 5.41) is 2.35. The van der Waals surface area contributed by atoms with Crippen LogP contribution in [0.2, 0.25) is 0 Å². The van der Waals surface area contributed by atoms with Crippen molar-refractivity contribution in [3.8, 4) is 0 Å². The lowest BCUT2D eigenvalue weighted by atomic mass is 9.61. The van der Waals surface area contributed by atoms with Crippen LogP contribution < -0.4 is 11.0 Å². The molecule has 1 unspecified atom stereocenters. The van der Waals surface area contributed by atoms with Crippen molar-refractivity contribution in [3.63, 3.8) is 0 Å². The summed E-state index contributed by atoms with van der Waals surface area (Å²) in [5.74, 6) is -0.732. The van der Waals surface area contributed by atoms with Gasteiger partial charge in [-0.1, -0.05) is 12.1 Å². The molecule has 0 radical (unpaired) electrons. The minimum Gasteiger partial charge on any atom is -0.444 e. The van der Waals surface area contributed by atoms with Crippen LogP contribution in [0.1, 0.15) is 70.9 Å². The largest absolute Gasteiger partial charge is 0.444 e. The van der Waals surface area contributed by atoms with Gasteiger partial charge in [0.2, 0.25) is 11.8 Å². The average Bonchev–Trinajstić information content (AvgIpc) is 3.08. The summed E-state index contributed by atoms with van der Waals surface area (Å²) in [4.78, 5) is 51.3. The van der Waals surface area contributed by atoms with E-state index in [1.807, 2.05) is 43.9 Å². The maximum absolute atomic E-state index is 13.1. The van der Waals surface area contributed by atoms with E-state index in [2.05, 4.69) is 5.32 Å². The first-order valence-corrected chi connectivity index (χ1v) is 13.6. The fourth-order valence-corrected chi connectivity index (χ4v) is 6.21. The van der Waals surface area contributed by atoms with E-state index >= 15 is 0 Å². The molecular weight excluding hydrogens is 488 g/mol. The maximum Gasteiger partial charge on any atom is 0.410 e. The van der Waals surface area contributed by atoms with E-state index in [9.17, 15) is 19.2 Å². The molecule has 1 N–H and O–H groups in total. The van der Waals surface area contributed by atoms with Crippen molar-refractivity contribution in [2.45, 2.75) is 83.5 Å². The van der Waals surface area contributed by atoms with Gasteiger partial charge in [-0.05, 0) is 76.3 Å². The van der Waals surface area contributed by atoms with Crippen LogP contribution in [0.5, 0.6) is 0 Å². The number of benzene rings is 1. The Morgan fingerprint density at radius 2 is 1.84 bits per heavy atom. The molecule has 10 nitrogen and oxygen atoms in total. The van der Waals surface area contributed by atoms with E-state index < -0.39 is 17.6 Å². The highest BCUT2D eigenvalue weighted by Crippen LogP contribution is 2.50. The fraction of sp³-hybridized carbons (Fsp3) is 0.643. The van der Waals surface area contributed by atoms with E-state index in [0.29, 0.717) is 25.0 Å². The van der Waals surface area contributed by atoms with E-state index in [1.165, 1.54) is 4.57 Å². The summed E-state index contributed by atoms with van der Waals surface area (Å²) in [6, 6.07) is 5.05. The molecule has 1 aliphatic carbocycles. The van der Waals surface area contributed by atoms with Crippen LogP contribution in [0.4, 0.5) is 4.79 Å². The Balaban J connectivity index is 1.17. The number of ether oxygens (including phenoxy) is 2. The number of likely N-dealkylation sites (tertiary alicyclic amines) is 1. The topological polar surface area (TPSA) is 112 Å². The van der Waals surface area contributed by atoms with Crippen LogP contribution in [0.25, 0.3) is 11.0 Å². The lowest BCUT2D eigenvalue weighted by molar-refractivity contribution is -0.135. The molecule has 1 saturated carbocycles. The number of carbonyl (C=O) groups excluding carboxylic acids is 3. The van der Waals surface area contributed by atoms with E-state index in [-0.39, 0.29) is 35.6 Å². The van der Waals surface area contributed by atoms with Crippen molar-refractivity contribution in [2.75, 3.05) is 19.7 Å². The van der Waals surface area contributed by atoms with Crippen LogP contribution in [-0.4, -0.2) is 63.3 Å². The zero-order valence-corrected chi connectivity index (χ0v) is 22.7. The van der Waals surface area contributed by atoms with Gasteiger partial charge in [0.25, 0.3) is 0 Å². The first-order chi connectivity index (χ1) is 18.0. The summed E-state index contributed by atoms with van der Waals surface area (Å²) in [6.07, 6.45) is 5.12. The van der Waals surface area contributed by atoms with Crippen molar-refractivity contribution < 1.29 is 23.9 Å². The predicted molar refractivity (Wildman–Crippen MR) is 141 cm³/mol. The van der Waals surface area contributed by atoms with Crippen LogP contribution >= 0.6 is 0 Å². The van der Waals surface area contributed by atoms with Gasteiger partial charge >= 0.3 is 11.8 Å². The fourth-order valence-electron chi connectivity index (χ4n) is 6.21. The minimum absolute atomic E-state index is 0.208. The first kappa shape index (κ1) is 26.5. The van der Waals surface area contributed by atoms with Crippen molar-refractivity contribution in [1.29, 1.82) is 0 Å². The molecule has 3 heterocycles. The van der Waals surface area contributed by atoms with Gasteiger partial charge in [0.1, 0.15) is 11.6 Å². The van der Waals surface area contributed by atoms with Gasteiger partial charge in [-0.25, -0.2) is 9.59 Å². The third kappa shape index (κ3) is 5.10. The summed E-state index contributed by atoms with van der Waals surface area (Å²) >= 11 is 0. The molecule has 3 amide bonds. The molecule has 2 aromatic rings. The molecule has 206 valence electrons. The number of rotatable bonds is 5. The SMILES string of the molecule is Cn1c(=O)n(C2CCC(=O)NC2=O)c2cccc(CCOC3CC4(CCN(C(=O)OC(C)(C)C)CC4)C3)c21. The van der Waals surface area contributed by atoms with E-state index in [0.717, 1.165) is 49.9 Å². The standard InChI is InChI=1S/C28H38N4O6/c1-27(2,3)38-26(36)31-13-11-28(12-14-31)16-19(17-28)37-15-10-18-6-5-7-20-23(18)30(4)25(35)32(20)21-8-9-22(33)29-24(21)34/h5-7,19,21H,8-17H2,1-4H3,(H,29,33,34). The van der Waals surface area contributed by atoms with E-state index in [1.54, 1.807) is 11.6 Å². The zero-order valence-electron chi connectivity index (χ0n) is 22.7. The molecule has 3 fully saturated rings. The second-order valence-electron chi connectivity index (χ2n) is 12.1. The minimum atomic E-state index is -0.691. The average molecular weight is 527 g/mol.